The maximum absolute atomic E-state index is 10.2. The molecule has 0 amide bonds. The number of furan rings is 1. The van der Waals surface area contributed by atoms with E-state index in [1.165, 1.54) is 12.1 Å². The summed E-state index contributed by atoms with van der Waals surface area (Å²) in [5.74, 6) is 0.180. The van der Waals surface area contributed by atoms with Crippen LogP contribution in [0, 0.1) is 10.1 Å². The molecular formula is C8H8N2O3. The standard InChI is InChI=1S/C8H8N2O3/c1-9-6-2-3-7-4-5-8(13-7)10(11)12/h2-6H,1H3/b3-2+,9-6+. The third-order valence-electron chi connectivity index (χ3n) is 1.29. The molecule has 0 atom stereocenters. The van der Waals surface area contributed by atoms with Gasteiger partial charge in [0.25, 0.3) is 0 Å². The largest absolute Gasteiger partial charge is 0.433 e. The van der Waals surface area contributed by atoms with Crippen molar-refractivity contribution in [2.45, 2.75) is 0 Å². The summed E-state index contributed by atoms with van der Waals surface area (Å²) in [5, 5.41) is 10.2. The highest BCUT2D eigenvalue weighted by atomic mass is 16.6. The molecule has 1 aromatic rings. The lowest BCUT2D eigenvalue weighted by Gasteiger charge is -1.81. The molecule has 0 aliphatic carbocycles. The minimum absolute atomic E-state index is 0.256. The van der Waals surface area contributed by atoms with Gasteiger partial charge in [0.2, 0.25) is 0 Å². The summed E-state index contributed by atoms with van der Waals surface area (Å²) in [6, 6.07) is 2.83. The molecule has 0 fully saturated rings. The van der Waals surface area contributed by atoms with Crippen molar-refractivity contribution in [1.82, 2.24) is 0 Å². The van der Waals surface area contributed by atoms with Crippen LogP contribution in [0.5, 0.6) is 0 Å². The molecule has 13 heavy (non-hydrogen) atoms. The lowest BCUT2D eigenvalue weighted by atomic mass is 10.4. The number of hydrogen-bond donors (Lipinski definition) is 0. The molecule has 1 aromatic heterocycles. The van der Waals surface area contributed by atoms with Crippen molar-refractivity contribution in [3.05, 3.63) is 34.1 Å². The summed E-state index contributed by atoms with van der Waals surface area (Å²) in [5.41, 5.74) is 0. The molecule has 0 N–H and O–H groups in total. The average Bonchev–Trinajstić information content (AvgIpc) is 2.53. The predicted octanol–water partition coefficient (Wildman–Crippen LogP) is 1.90. The average molecular weight is 180 g/mol. The molecule has 0 bridgehead atoms. The fourth-order valence-electron chi connectivity index (χ4n) is 0.754. The summed E-state index contributed by atoms with van der Waals surface area (Å²) in [7, 11) is 1.63. The van der Waals surface area contributed by atoms with Gasteiger partial charge in [-0.25, -0.2) is 0 Å². The quantitative estimate of drug-likeness (QED) is 0.405. The SMILES string of the molecule is C/N=C/C=C/c1ccc([N+](=O)[O-])o1. The number of aliphatic imine (C=N–C) groups is 1. The molecule has 5 heteroatoms. The van der Waals surface area contributed by atoms with Gasteiger partial charge in [0, 0.05) is 13.3 Å². The predicted molar refractivity (Wildman–Crippen MR) is 48.8 cm³/mol. The van der Waals surface area contributed by atoms with E-state index in [-0.39, 0.29) is 5.88 Å². The van der Waals surface area contributed by atoms with Crippen LogP contribution >= 0.6 is 0 Å². The van der Waals surface area contributed by atoms with Gasteiger partial charge in [-0.3, -0.25) is 15.1 Å². The second-order valence-corrected chi connectivity index (χ2v) is 2.20. The third-order valence-corrected chi connectivity index (χ3v) is 1.29. The molecule has 68 valence electrons. The summed E-state index contributed by atoms with van der Waals surface area (Å²) < 4.78 is 4.84. The maximum atomic E-state index is 10.2. The third kappa shape index (κ3) is 2.55. The molecule has 0 radical (unpaired) electrons. The first kappa shape index (κ1) is 9.18. The molecular weight excluding hydrogens is 172 g/mol. The van der Waals surface area contributed by atoms with Gasteiger partial charge in [0.15, 0.2) is 0 Å². The van der Waals surface area contributed by atoms with Gasteiger partial charge in [-0.2, -0.15) is 0 Å². The Morgan fingerprint density at radius 2 is 2.38 bits per heavy atom. The van der Waals surface area contributed by atoms with E-state index < -0.39 is 4.92 Å². The summed E-state index contributed by atoms with van der Waals surface area (Å²) in [4.78, 5) is 13.3. The summed E-state index contributed by atoms with van der Waals surface area (Å²) >= 11 is 0. The lowest BCUT2D eigenvalue weighted by Crippen LogP contribution is -1.82. The number of nitro groups is 1. The molecule has 0 unspecified atom stereocenters. The van der Waals surface area contributed by atoms with Gasteiger partial charge in [0.05, 0.1) is 6.07 Å². The molecule has 0 aromatic carbocycles. The van der Waals surface area contributed by atoms with Gasteiger partial charge < -0.3 is 4.42 Å². The number of rotatable bonds is 3. The fourth-order valence-corrected chi connectivity index (χ4v) is 0.754. The second kappa shape index (κ2) is 4.20. The van der Waals surface area contributed by atoms with E-state index in [9.17, 15) is 10.1 Å². The van der Waals surface area contributed by atoms with Crippen LogP contribution in [0.4, 0.5) is 5.88 Å². The highest BCUT2D eigenvalue weighted by Gasteiger charge is 2.09. The zero-order valence-corrected chi connectivity index (χ0v) is 7.01. The minimum Gasteiger partial charge on any atom is -0.401 e. The van der Waals surface area contributed by atoms with E-state index in [4.69, 9.17) is 4.42 Å². The van der Waals surface area contributed by atoms with E-state index >= 15 is 0 Å². The molecule has 5 nitrogen and oxygen atoms in total. The van der Waals surface area contributed by atoms with Gasteiger partial charge in [-0.1, -0.05) is 0 Å². The van der Waals surface area contributed by atoms with Crippen LogP contribution in [-0.2, 0) is 0 Å². The first-order valence-electron chi connectivity index (χ1n) is 3.57. The first-order valence-corrected chi connectivity index (χ1v) is 3.57. The van der Waals surface area contributed by atoms with Crippen molar-refractivity contribution in [3.63, 3.8) is 0 Å². The van der Waals surface area contributed by atoms with Gasteiger partial charge >= 0.3 is 5.88 Å². The Morgan fingerprint density at radius 1 is 1.62 bits per heavy atom. The maximum Gasteiger partial charge on any atom is 0.433 e. The highest BCUT2D eigenvalue weighted by molar-refractivity contribution is 5.77. The smallest absolute Gasteiger partial charge is 0.401 e. The van der Waals surface area contributed by atoms with Crippen LogP contribution in [-0.4, -0.2) is 18.2 Å². The summed E-state index contributed by atoms with van der Waals surface area (Å²) in [6.45, 7) is 0. The van der Waals surface area contributed by atoms with Crippen molar-refractivity contribution in [3.8, 4) is 0 Å². The van der Waals surface area contributed by atoms with Gasteiger partial charge in [-0.15, -0.1) is 0 Å². The Hall–Kier alpha value is -1.91. The minimum atomic E-state index is -0.578. The Kier molecular flexibility index (Phi) is 2.97. The van der Waals surface area contributed by atoms with E-state index in [1.54, 1.807) is 25.4 Å². The van der Waals surface area contributed by atoms with Crippen molar-refractivity contribution in [2.24, 2.45) is 4.99 Å². The van der Waals surface area contributed by atoms with Gasteiger partial charge in [-0.05, 0) is 18.2 Å². The monoisotopic (exact) mass is 180 g/mol. The molecule has 0 aliphatic heterocycles. The van der Waals surface area contributed by atoms with Crippen LogP contribution in [0.2, 0.25) is 0 Å². The van der Waals surface area contributed by atoms with E-state index in [2.05, 4.69) is 4.99 Å². The highest BCUT2D eigenvalue weighted by Crippen LogP contribution is 2.16. The van der Waals surface area contributed by atoms with E-state index in [1.807, 2.05) is 0 Å². The molecule has 0 saturated heterocycles. The number of nitrogens with zero attached hydrogens (tertiary/aromatic N) is 2. The molecule has 0 spiro atoms. The van der Waals surface area contributed by atoms with Crippen molar-refractivity contribution >= 4 is 18.2 Å². The fraction of sp³-hybridized carbons (Fsp3) is 0.125. The lowest BCUT2D eigenvalue weighted by molar-refractivity contribution is -0.402. The Labute approximate surface area is 74.5 Å². The van der Waals surface area contributed by atoms with E-state index in [0.29, 0.717) is 5.76 Å². The molecule has 1 heterocycles. The number of allylic oxidation sites excluding steroid dienone is 1. The van der Waals surface area contributed by atoms with Crippen LogP contribution < -0.4 is 0 Å². The molecule has 1 rings (SSSR count). The van der Waals surface area contributed by atoms with Gasteiger partial charge in [0.1, 0.15) is 10.7 Å². The van der Waals surface area contributed by atoms with Crippen LogP contribution in [0.15, 0.2) is 27.6 Å². The number of hydrogen-bond acceptors (Lipinski definition) is 4. The second-order valence-electron chi connectivity index (χ2n) is 2.20. The van der Waals surface area contributed by atoms with Crippen molar-refractivity contribution < 1.29 is 9.34 Å². The Bertz CT molecular complexity index is 352. The molecule has 0 saturated carbocycles. The summed E-state index contributed by atoms with van der Waals surface area (Å²) in [6.07, 6.45) is 4.80. The van der Waals surface area contributed by atoms with Crippen LogP contribution in [0.3, 0.4) is 0 Å². The van der Waals surface area contributed by atoms with Crippen LogP contribution in [0.25, 0.3) is 6.08 Å². The normalized spacial score (nSPS) is 11.5. The Balaban J connectivity index is 2.74. The van der Waals surface area contributed by atoms with Crippen molar-refractivity contribution in [1.29, 1.82) is 0 Å². The zero-order chi connectivity index (χ0) is 9.68. The molecule has 0 aliphatic rings. The topological polar surface area (TPSA) is 68.6 Å². The zero-order valence-electron chi connectivity index (χ0n) is 7.01. The van der Waals surface area contributed by atoms with Crippen molar-refractivity contribution in [2.75, 3.05) is 7.05 Å². The Morgan fingerprint density at radius 3 is 2.92 bits per heavy atom. The van der Waals surface area contributed by atoms with E-state index in [0.717, 1.165) is 0 Å². The van der Waals surface area contributed by atoms with Crippen LogP contribution in [0.1, 0.15) is 5.76 Å². The first-order chi connectivity index (χ1) is 6.24.